The summed E-state index contributed by atoms with van der Waals surface area (Å²) < 4.78 is 2.95. The molecular weight excluding hydrogens is 248 g/mol. The number of nitrogens with one attached hydrogen (secondary N) is 1. The second-order valence-corrected chi connectivity index (χ2v) is 3.94. The van der Waals surface area contributed by atoms with Crippen molar-refractivity contribution in [1.29, 1.82) is 0 Å². The number of aryl methyl sites for hydroxylation is 2. The molecular formula is C11H14N6O2. The van der Waals surface area contributed by atoms with Crippen LogP contribution < -0.4 is 11.1 Å². The van der Waals surface area contributed by atoms with Crippen molar-refractivity contribution in [1.82, 2.24) is 19.6 Å². The number of anilines is 1. The first-order valence-electron chi connectivity index (χ1n) is 5.68. The number of nitrogens with zero attached hydrogens (tertiary/aromatic N) is 4. The first-order valence-corrected chi connectivity index (χ1v) is 5.68. The Morgan fingerprint density at radius 1 is 1.37 bits per heavy atom. The second-order valence-electron chi connectivity index (χ2n) is 3.94. The number of aromatic nitrogens is 4. The summed E-state index contributed by atoms with van der Waals surface area (Å²) in [6.45, 7) is 2.31. The number of carbonyl (C=O) groups excluding carboxylic acids is 2. The van der Waals surface area contributed by atoms with E-state index in [9.17, 15) is 9.59 Å². The minimum absolute atomic E-state index is 0.180. The number of carbonyl (C=O) groups is 2. The van der Waals surface area contributed by atoms with Crippen LogP contribution in [0.5, 0.6) is 0 Å². The van der Waals surface area contributed by atoms with Crippen LogP contribution in [0.3, 0.4) is 0 Å². The fourth-order valence-electron chi connectivity index (χ4n) is 1.71. The summed E-state index contributed by atoms with van der Waals surface area (Å²) in [6.07, 6.45) is 4.41. The topological polar surface area (TPSA) is 108 Å². The van der Waals surface area contributed by atoms with Crippen LogP contribution in [-0.2, 0) is 13.6 Å². The van der Waals surface area contributed by atoms with Crippen molar-refractivity contribution in [2.75, 3.05) is 5.32 Å². The van der Waals surface area contributed by atoms with Gasteiger partial charge in [0.1, 0.15) is 5.69 Å². The molecule has 100 valence electrons. The van der Waals surface area contributed by atoms with Crippen molar-refractivity contribution >= 4 is 17.5 Å². The molecule has 0 aliphatic carbocycles. The second kappa shape index (κ2) is 4.92. The smallest absolute Gasteiger partial charge is 0.269 e. The highest BCUT2D eigenvalue weighted by Crippen LogP contribution is 2.15. The third-order valence-electron chi connectivity index (χ3n) is 2.59. The van der Waals surface area contributed by atoms with E-state index in [0.717, 1.165) is 0 Å². The zero-order valence-electron chi connectivity index (χ0n) is 10.6. The van der Waals surface area contributed by atoms with Crippen LogP contribution in [0.25, 0.3) is 0 Å². The predicted octanol–water partition coefficient (Wildman–Crippen LogP) is -0.0123. The van der Waals surface area contributed by atoms with E-state index < -0.39 is 5.91 Å². The number of primary amides is 1. The maximum atomic E-state index is 11.9. The Bertz CT molecular complexity index is 627. The Kier molecular flexibility index (Phi) is 3.32. The van der Waals surface area contributed by atoms with Crippen molar-refractivity contribution in [3.05, 3.63) is 29.8 Å². The van der Waals surface area contributed by atoms with Gasteiger partial charge in [0.25, 0.3) is 11.8 Å². The molecule has 2 aromatic heterocycles. The summed E-state index contributed by atoms with van der Waals surface area (Å²) in [6, 6.07) is 0. The van der Waals surface area contributed by atoms with Gasteiger partial charge in [-0.3, -0.25) is 19.0 Å². The van der Waals surface area contributed by atoms with Crippen LogP contribution in [0.15, 0.2) is 18.6 Å². The van der Waals surface area contributed by atoms with Gasteiger partial charge < -0.3 is 11.1 Å². The molecule has 0 aliphatic rings. The van der Waals surface area contributed by atoms with Gasteiger partial charge in [-0.05, 0) is 6.92 Å². The fourth-order valence-corrected chi connectivity index (χ4v) is 1.71. The SMILES string of the molecule is CCn1ncc(NC(=O)c2cnn(C)c2)c1C(N)=O. The zero-order valence-corrected chi connectivity index (χ0v) is 10.6. The van der Waals surface area contributed by atoms with Crippen LogP contribution in [0.1, 0.15) is 27.8 Å². The Hall–Kier alpha value is -2.64. The number of nitrogens with two attached hydrogens (primary N) is 1. The monoisotopic (exact) mass is 262 g/mol. The maximum Gasteiger partial charge on any atom is 0.269 e. The molecule has 0 fully saturated rings. The molecule has 2 heterocycles. The third kappa shape index (κ3) is 2.46. The van der Waals surface area contributed by atoms with E-state index in [0.29, 0.717) is 17.8 Å². The fraction of sp³-hybridized carbons (Fsp3) is 0.273. The van der Waals surface area contributed by atoms with E-state index in [1.165, 1.54) is 21.8 Å². The van der Waals surface area contributed by atoms with E-state index in [-0.39, 0.29) is 11.6 Å². The highest BCUT2D eigenvalue weighted by Gasteiger charge is 2.18. The molecule has 3 N–H and O–H groups in total. The number of hydrogen-bond acceptors (Lipinski definition) is 4. The average molecular weight is 262 g/mol. The first-order chi connectivity index (χ1) is 9.02. The molecule has 8 heteroatoms. The molecule has 8 nitrogen and oxygen atoms in total. The predicted molar refractivity (Wildman–Crippen MR) is 67.6 cm³/mol. The molecule has 0 spiro atoms. The summed E-state index contributed by atoms with van der Waals surface area (Å²) in [5.41, 5.74) is 6.15. The first kappa shape index (κ1) is 12.8. The highest BCUT2D eigenvalue weighted by molar-refractivity contribution is 6.07. The lowest BCUT2D eigenvalue weighted by Crippen LogP contribution is -2.20. The summed E-state index contributed by atoms with van der Waals surface area (Å²) in [5, 5.41) is 10.5. The van der Waals surface area contributed by atoms with Crippen LogP contribution in [0.4, 0.5) is 5.69 Å². The van der Waals surface area contributed by atoms with Crippen molar-refractivity contribution in [2.24, 2.45) is 12.8 Å². The summed E-state index contributed by atoms with van der Waals surface area (Å²) >= 11 is 0. The van der Waals surface area contributed by atoms with Gasteiger partial charge >= 0.3 is 0 Å². The molecule has 19 heavy (non-hydrogen) atoms. The van der Waals surface area contributed by atoms with Gasteiger partial charge in [0.05, 0.1) is 23.6 Å². The summed E-state index contributed by atoms with van der Waals surface area (Å²) in [7, 11) is 1.71. The molecule has 2 rings (SSSR count). The van der Waals surface area contributed by atoms with Crippen molar-refractivity contribution in [2.45, 2.75) is 13.5 Å². The van der Waals surface area contributed by atoms with E-state index in [1.807, 2.05) is 6.92 Å². The van der Waals surface area contributed by atoms with Crippen molar-refractivity contribution < 1.29 is 9.59 Å². The van der Waals surface area contributed by atoms with Gasteiger partial charge in [-0.15, -0.1) is 0 Å². The van der Waals surface area contributed by atoms with Crippen LogP contribution in [0, 0.1) is 0 Å². The Morgan fingerprint density at radius 3 is 2.63 bits per heavy atom. The zero-order chi connectivity index (χ0) is 14.0. The summed E-state index contributed by atoms with van der Waals surface area (Å²) in [5.74, 6) is -1.01. The number of hydrogen-bond donors (Lipinski definition) is 2. The Balaban J connectivity index is 2.26. The van der Waals surface area contributed by atoms with E-state index in [4.69, 9.17) is 5.73 Å². The molecule has 2 amide bonds. The van der Waals surface area contributed by atoms with Crippen LogP contribution in [-0.4, -0.2) is 31.4 Å². The van der Waals surface area contributed by atoms with E-state index in [2.05, 4.69) is 15.5 Å². The van der Waals surface area contributed by atoms with Gasteiger partial charge in [-0.25, -0.2) is 0 Å². The average Bonchev–Trinajstić information content (AvgIpc) is 2.95. The summed E-state index contributed by atoms with van der Waals surface area (Å²) in [4.78, 5) is 23.3. The Labute approximate surface area is 109 Å². The quantitative estimate of drug-likeness (QED) is 0.807. The van der Waals surface area contributed by atoms with E-state index in [1.54, 1.807) is 13.2 Å². The van der Waals surface area contributed by atoms with Gasteiger partial charge in [0, 0.05) is 19.8 Å². The normalized spacial score (nSPS) is 10.4. The van der Waals surface area contributed by atoms with Crippen LogP contribution in [0.2, 0.25) is 0 Å². The molecule has 0 bridgehead atoms. The highest BCUT2D eigenvalue weighted by atomic mass is 16.2. The van der Waals surface area contributed by atoms with Gasteiger partial charge in [-0.1, -0.05) is 0 Å². The molecule has 0 unspecified atom stereocenters. The van der Waals surface area contributed by atoms with E-state index >= 15 is 0 Å². The molecule has 0 radical (unpaired) electrons. The van der Waals surface area contributed by atoms with Crippen molar-refractivity contribution in [3.63, 3.8) is 0 Å². The molecule has 0 aromatic carbocycles. The standard InChI is InChI=1S/C11H14N6O2/c1-3-17-9(10(12)18)8(5-14-17)15-11(19)7-4-13-16(2)6-7/h4-6H,3H2,1-2H3,(H2,12,18)(H,15,19). The van der Waals surface area contributed by atoms with Gasteiger partial charge in [-0.2, -0.15) is 10.2 Å². The maximum absolute atomic E-state index is 11.9. The lowest BCUT2D eigenvalue weighted by molar-refractivity contribution is 0.0991. The molecule has 0 saturated carbocycles. The third-order valence-corrected chi connectivity index (χ3v) is 2.59. The lowest BCUT2D eigenvalue weighted by atomic mass is 10.3. The van der Waals surface area contributed by atoms with Crippen LogP contribution >= 0.6 is 0 Å². The molecule has 2 aromatic rings. The molecule has 0 atom stereocenters. The number of rotatable bonds is 4. The largest absolute Gasteiger partial charge is 0.364 e. The Morgan fingerprint density at radius 2 is 2.11 bits per heavy atom. The lowest BCUT2D eigenvalue weighted by Gasteiger charge is -2.05. The minimum atomic E-state index is -0.638. The molecule has 0 aliphatic heterocycles. The molecule has 0 saturated heterocycles. The van der Waals surface area contributed by atoms with Crippen molar-refractivity contribution in [3.8, 4) is 0 Å². The number of amides is 2. The minimum Gasteiger partial charge on any atom is -0.364 e. The van der Waals surface area contributed by atoms with Gasteiger partial charge in [0.15, 0.2) is 0 Å². The van der Waals surface area contributed by atoms with Gasteiger partial charge in [0.2, 0.25) is 0 Å².